The molecule has 2 aromatic rings. The number of rotatable bonds is 2. The number of benzene rings is 1. The van der Waals surface area contributed by atoms with Crippen molar-refractivity contribution in [1.29, 1.82) is 0 Å². The van der Waals surface area contributed by atoms with Crippen molar-refractivity contribution in [2.45, 2.75) is 18.3 Å². The number of fused-ring (bicyclic) bond motifs is 2. The predicted octanol–water partition coefficient (Wildman–Crippen LogP) is 1.09. The summed E-state index contributed by atoms with van der Waals surface area (Å²) in [6.45, 7) is 1.13. The lowest BCUT2D eigenvalue weighted by Crippen LogP contribution is -2.42. The minimum atomic E-state index is -0.549. The first-order valence-corrected chi connectivity index (χ1v) is 8.19. The van der Waals surface area contributed by atoms with Crippen molar-refractivity contribution >= 4 is 23.2 Å². The fourth-order valence-corrected chi connectivity index (χ4v) is 3.67. The van der Waals surface area contributed by atoms with E-state index < -0.39 is 5.41 Å². The molecule has 0 bridgehead atoms. The van der Waals surface area contributed by atoms with Gasteiger partial charge in [-0.15, -0.1) is 5.10 Å². The molecule has 8 nitrogen and oxygen atoms in total. The summed E-state index contributed by atoms with van der Waals surface area (Å²) in [6, 6.07) is 5.56. The molecule has 130 valence electrons. The SMILES string of the molecule is CN1C(=O)C2(CCOCC2)c2cc(NC(=O)c3ncn(C)n3)ccc21. The van der Waals surface area contributed by atoms with E-state index >= 15 is 0 Å². The normalized spacial score (nSPS) is 18.5. The van der Waals surface area contributed by atoms with Gasteiger partial charge in [-0.2, -0.15) is 0 Å². The van der Waals surface area contributed by atoms with Crippen molar-refractivity contribution in [3.8, 4) is 0 Å². The number of nitrogens with zero attached hydrogens (tertiary/aromatic N) is 4. The first kappa shape index (κ1) is 15.8. The van der Waals surface area contributed by atoms with Gasteiger partial charge in [0.15, 0.2) is 0 Å². The quantitative estimate of drug-likeness (QED) is 0.883. The maximum atomic E-state index is 12.9. The minimum Gasteiger partial charge on any atom is -0.381 e. The van der Waals surface area contributed by atoms with E-state index in [1.165, 1.54) is 11.0 Å². The lowest BCUT2D eigenvalue weighted by Gasteiger charge is -2.32. The Hall–Kier alpha value is -2.74. The van der Waals surface area contributed by atoms with Crippen molar-refractivity contribution in [2.24, 2.45) is 7.05 Å². The van der Waals surface area contributed by atoms with E-state index in [0.717, 1.165) is 11.3 Å². The molecular formula is C17H19N5O3. The Morgan fingerprint density at radius 2 is 2.04 bits per heavy atom. The van der Waals surface area contributed by atoms with Gasteiger partial charge in [-0.3, -0.25) is 14.3 Å². The molecule has 25 heavy (non-hydrogen) atoms. The highest BCUT2D eigenvalue weighted by Crippen LogP contribution is 2.47. The monoisotopic (exact) mass is 341 g/mol. The maximum Gasteiger partial charge on any atom is 0.295 e. The molecule has 1 aromatic heterocycles. The van der Waals surface area contributed by atoms with Gasteiger partial charge >= 0.3 is 0 Å². The number of anilines is 2. The number of aromatic nitrogens is 3. The molecule has 1 spiro atoms. The van der Waals surface area contributed by atoms with Gasteiger partial charge in [0.1, 0.15) is 6.33 Å². The highest BCUT2D eigenvalue weighted by molar-refractivity contribution is 6.09. The molecule has 2 aliphatic rings. The third-order valence-electron chi connectivity index (χ3n) is 4.99. The van der Waals surface area contributed by atoms with Crippen molar-refractivity contribution in [2.75, 3.05) is 30.5 Å². The molecule has 4 rings (SSSR count). The summed E-state index contributed by atoms with van der Waals surface area (Å²) in [6.07, 6.45) is 2.78. The number of likely N-dealkylation sites (N-methyl/N-ethyl adjacent to an activating group) is 1. The Bertz CT molecular complexity index is 854. The molecule has 0 unspecified atom stereocenters. The largest absolute Gasteiger partial charge is 0.381 e. The number of amides is 2. The average molecular weight is 341 g/mol. The van der Waals surface area contributed by atoms with Gasteiger partial charge < -0.3 is 15.0 Å². The molecule has 0 aliphatic carbocycles. The first-order valence-electron chi connectivity index (χ1n) is 8.19. The molecular weight excluding hydrogens is 322 g/mol. The molecule has 1 aromatic carbocycles. The van der Waals surface area contributed by atoms with E-state index in [4.69, 9.17) is 4.74 Å². The minimum absolute atomic E-state index is 0.0978. The third-order valence-corrected chi connectivity index (χ3v) is 4.99. The number of hydrogen-bond acceptors (Lipinski definition) is 5. The fourth-order valence-electron chi connectivity index (χ4n) is 3.67. The van der Waals surface area contributed by atoms with Crippen LogP contribution in [-0.4, -0.2) is 46.8 Å². The van der Waals surface area contributed by atoms with Crippen LogP contribution in [0, 0.1) is 0 Å². The average Bonchev–Trinajstić information content (AvgIpc) is 3.14. The van der Waals surface area contributed by atoms with Crippen molar-refractivity contribution in [3.63, 3.8) is 0 Å². The van der Waals surface area contributed by atoms with Gasteiger partial charge in [-0.05, 0) is 36.6 Å². The summed E-state index contributed by atoms with van der Waals surface area (Å²) in [7, 11) is 3.50. The van der Waals surface area contributed by atoms with Crippen LogP contribution in [0.2, 0.25) is 0 Å². The van der Waals surface area contributed by atoms with E-state index in [9.17, 15) is 9.59 Å². The molecule has 0 saturated carbocycles. The third kappa shape index (κ3) is 2.41. The summed E-state index contributed by atoms with van der Waals surface area (Å²) >= 11 is 0. The highest BCUT2D eigenvalue weighted by Gasteiger charge is 2.50. The second-order valence-electron chi connectivity index (χ2n) is 6.49. The highest BCUT2D eigenvalue weighted by atomic mass is 16.5. The number of hydrogen-bond donors (Lipinski definition) is 1. The molecule has 1 saturated heterocycles. The standard InChI is InChI=1S/C17H19N5O3/c1-21-10-18-14(20-21)15(23)19-11-3-4-13-12(9-11)17(16(24)22(13)2)5-7-25-8-6-17/h3-4,9-10H,5-8H2,1-2H3,(H,19,23). The van der Waals surface area contributed by atoms with Crippen LogP contribution >= 0.6 is 0 Å². The zero-order valence-corrected chi connectivity index (χ0v) is 14.2. The summed E-state index contributed by atoms with van der Waals surface area (Å²) in [5, 5.41) is 6.82. The molecule has 8 heteroatoms. The van der Waals surface area contributed by atoms with Crippen LogP contribution in [0.5, 0.6) is 0 Å². The Morgan fingerprint density at radius 3 is 2.72 bits per heavy atom. The Balaban J connectivity index is 1.67. The van der Waals surface area contributed by atoms with Gasteiger partial charge in [0.05, 0.1) is 5.41 Å². The molecule has 1 fully saturated rings. The molecule has 0 atom stereocenters. The topological polar surface area (TPSA) is 89.4 Å². The number of ether oxygens (including phenoxy) is 1. The van der Waals surface area contributed by atoms with Crippen LogP contribution in [0.15, 0.2) is 24.5 Å². The summed E-state index contributed by atoms with van der Waals surface area (Å²) < 4.78 is 6.92. The van der Waals surface area contributed by atoms with Crippen molar-refractivity contribution < 1.29 is 14.3 Å². The molecule has 0 radical (unpaired) electrons. The van der Waals surface area contributed by atoms with Gasteiger partial charge in [0.25, 0.3) is 5.91 Å². The molecule has 2 aliphatic heterocycles. The number of carbonyl (C=O) groups is 2. The van der Waals surface area contributed by atoms with Crippen LogP contribution in [0.3, 0.4) is 0 Å². The zero-order chi connectivity index (χ0) is 17.6. The van der Waals surface area contributed by atoms with Gasteiger partial charge in [0, 0.05) is 38.7 Å². The van der Waals surface area contributed by atoms with Crippen LogP contribution < -0.4 is 10.2 Å². The summed E-state index contributed by atoms with van der Waals surface area (Å²) in [5.41, 5.74) is 1.92. The Kier molecular flexibility index (Phi) is 3.57. The molecule has 3 heterocycles. The number of aryl methyl sites for hydroxylation is 1. The van der Waals surface area contributed by atoms with Crippen LogP contribution in [0.4, 0.5) is 11.4 Å². The van der Waals surface area contributed by atoms with Crippen LogP contribution in [0.1, 0.15) is 29.0 Å². The van der Waals surface area contributed by atoms with E-state index in [1.54, 1.807) is 25.1 Å². The van der Waals surface area contributed by atoms with E-state index in [0.29, 0.717) is 31.7 Å². The van der Waals surface area contributed by atoms with Gasteiger partial charge in [-0.1, -0.05) is 0 Å². The molecule has 1 N–H and O–H groups in total. The first-order chi connectivity index (χ1) is 12.0. The smallest absolute Gasteiger partial charge is 0.295 e. The van der Waals surface area contributed by atoms with E-state index in [2.05, 4.69) is 15.4 Å². The lowest BCUT2D eigenvalue weighted by atomic mass is 9.75. The number of carbonyl (C=O) groups excluding carboxylic acids is 2. The lowest BCUT2D eigenvalue weighted by molar-refractivity contribution is -0.126. The zero-order valence-electron chi connectivity index (χ0n) is 14.2. The van der Waals surface area contributed by atoms with Gasteiger partial charge in [0.2, 0.25) is 11.7 Å². The summed E-state index contributed by atoms with van der Waals surface area (Å²) in [5.74, 6) is -0.170. The van der Waals surface area contributed by atoms with E-state index in [1.807, 2.05) is 12.1 Å². The van der Waals surface area contributed by atoms with Crippen molar-refractivity contribution in [3.05, 3.63) is 35.9 Å². The maximum absolute atomic E-state index is 12.9. The van der Waals surface area contributed by atoms with Crippen LogP contribution in [0.25, 0.3) is 0 Å². The van der Waals surface area contributed by atoms with Gasteiger partial charge in [-0.25, -0.2) is 4.98 Å². The second kappa shape index (κ2) is 5.66. The second-order valence-corrected chi connectivity index (χ2v) is 6.49. The van der Waals surface area contributed by atoms with Crippen LogP contribution in [-0.2, 0) is 22.0 Å². The Labute approximate surface area is 144 Å². The number of nitrogens with one attached hydrogen (secondary N) is 1. The van der Waals surface area contributed by atoms with Crippen molar-refractivity contribution in [1.82, 2.24) is 14.8 Å². The van der Waals surface area contributed by atoms with E-state index in [-0.39, 0.29) is 17.6 Å². The fraction of sp³-hybridized carbons (Fsp3) is 0.412. The summed E-state index contributed by atoms with van der Waals surface area (Å²) in [4.78, 5) is 30.8. The molecule has 2 amide bonds. The predicted molar refractivity (Wildman–Crippen MR) is 90.5 cm³/mol. The Morgan fingerprint density at radius 1 is 1.28 bits per heavy atom.